The minimum absolute atomic E-state index is 0.0417. The molecule has 1 aromatic heterocycles. The number of ketones is 1. The second-order valence-corrected chi connectivity index (χ2v) is 9.95. The van der Waals surface area contributed by atoms with Crippen molar-refractivity contribution in [1.29, 1.82) is 0 Å². The van der Waals surface area contributed by atoms with Crippen LogP contribution in [0, 0.1) is 0 Å². The number of aromatic nitrogens is 2. The minimum atomic E-state index is -1.09. The quantitative estimate of drug-likeness (QED) is 0.310. The van der Waals surface area contributed by atoms with E-state index in [2.05, 4.69) is 4.74 Å². The van der Waals surface area contributed by atoms with E-state index in [-0.39, 0.29) is 6.42 Å². The van der Waals surface area contributed by atoms with Crippen LogP contribution in [-0.4, -0.2) is 63.8 Å². The number of unbranched alkanes of at least 4 members (excludes halogenated alkanes) is 1. The zero-order chi connectivity index (χ0) is 26.1. The molecule has 12 heteroatoms. The first-order chi connectivity index (χ1) is 16.2. The molecule has 0 saturated carbocycles. The topological polar surface area (TPSA) is 141 Å². The predicted molar refractivity (Wildman–Crippen MR) is 120 cm³/mol. The summed E-state index contributed by atoms with van der Waals surface area (Å²) in [6.07, 6.45) is -1.03. The van der Waals surface area contributed by atoms with E-state index in [0.717, 1.165) is 17.7 Å². The zero-order valence-electron chi connectivity index (χ0n) is 20.8. The van der Waals surface area contributed by atoms with Gasteiger partial charge in [-0.1, -0.05) is 6.42 Å². The minimum Gasteiger partial charge on any atom is -0.463 e. The fourth-order valence-corrected chi connectivity index (χ4v) is 4.12. The molecule has 35 heavy (non-hydrogen) atoms. The summed E-state index contributed by atoms with van der Waals surface area (Å²) < 4.78 is 29.3. The van der Waals surface area contributed by atoms with Gasteiger partial charge in [0.15, 0.2) is 12.0 Å². The molecule has 2 fully saturated rings. The van der Waals surface area contributed by atoms with Crippen LogP contribution >= 0.6 is 0 Å². The number of hydrogen-bond donors (Lipinski definition) is 0. The second kappa shape index (κ2) is 10.0. The van der Waals surface area contributed by atoms with Crippen molar-refractivity contribution in [3.05, 3.63) is 33.1 Å². The average molecular weight is 497 g/mol. The lowest BCUT2D eigenvalue weighted by molar-refractivity contribution is -0.198. The molecule has 12 nitrogen and oxygen atoms in total. The van der Waals surface area contributed by atoms with E-state index in [1.165, 1.54) is 6.20 Å². The molecule has 0 spiro atoms. The first-order valence-corrected chi connectivity index (χ1v) is 11.4. The highest BCUT2D eigenvalue weighted by Crippen LogP contribution is 2.43. The monoisotopic (exact) mass is 496 g/mol. The largest absolute Gasteiger partial charge is 0.463 e. The lowest BCUT2D eigenvalue weighted by Gasteiger charge is -2.25. The summed E-state index contributed by atoms with van der Waals surface area (Å²) in [5.74, 6) is -2.43. The highest BCUT2D eigenvalue weighted by atomic mass is 16.8. The van der Waals surface area contributed by atoms with Gasteiger partial charge in [-0.25, -0.2) is 14.4 Å². The van der Waals surface area contributed by atoms with Gasteiger partial charge in [-0.2, -0.15) is 4.57 Å². The van der Waals surface area contributed by atoms with E-state index < -0.39 is 65.0 Å². The summed E-state index contributed by atoms with van der Waals surface area (Å²) in [6, 6.07) is 1.08. The molecular formula is C23H32N2O10. The van der Waals surface area contributed by atoms with E-state index in [1.807, 2.05) is 0 Å². The highest BCUT2D eigenvalue weighted by molar-refractivity contribution is 6.33. The van der Waals surface area contributed by atoms with Gasteiger partial charge in [0.05, 0.1) is 13.2 Å². The number of carbonyl (C=O) groups is 3. The van der Waals surface area contributed by atoms with Crippen molar-refractivity contribution in [3.8, 4) is 0 Å². The van der Waals surface area contributed by atoms with E-state index in [0.29, 0.717) is 23.8 Å². The summed E-state index contributed by atoms with van der Waals surface area (Å²) in [4.78, 5) is 60.9. The van der Waals surface area contributed by atoms with E-state index >= 15 is 0 Å². The van der Waals surface area contributed by atoms with Crippen LogP contribution in [0.2, 0.25) is 0 Å². The Morgan fingerprint density at radius 3 is 2.37 bits per heavy atom. The number of methoxy groups -OCH3 is 1. The number of fused-ring (bicyclic) bond motifs is 1. The summed E-state index contributed by atoms with van der Waals surface area (Å²) >= 11 is 0. The molecule has 0 radical (unpaired) electrons. The van der Waals surface area contributed by atoms with Crippen molar-refractivity contribution in [2.24, 2.45) is 0 Å². The van der Waals surface area contributed by atoms with Crippen LogP contribution in [0.15, 0.2) is 21.9 Å². The molecule has 0 aromatic carbocycles. The Kier molecular flexibility index (Phi) is 7.68. The predicted octanol–water partition coefficient (Wildman–Crippen LogP) is 1.51. The number of hydrogen-bond acceptors (Lipinski definition) is 10. The molecule has 2 aliphatic heterocycles. The van der Waals surface area contributed by atoms with E-state index in [1.54, 1.807) is 34.6 Å². The first kappa shape index (κ1) is 26.8. The van der Waals surface area contributed by atoms with Crippen molar-refractivity contribution >= 4 is 17.8 Å². The maximum atomic E-state index is 13.2. The third-order valence-corrected chi connectivity index (χ3v) is 5.54. The third-order valence-electron chi connectivity index (χ3n) is 5.54. The number of nitrogens with zero attached hydrogens (tertiary/aromatic N) is 2. The van der Waals surface area contributed by atoms with Crippen LogP contribution in [0.1, 0.15) is 66.5 Å². The van der Waals surface area contributed by atoms with Crippen LogP contribution < -0.4 is 11.2 Å². The van der Waals surface area contributed by atoms with Gasteiger partial charge in [0.25, 0.3) is 5.56 Å². The standard InChI is InChI=1S/C23H32N2O10/c1-22(2,3)35-21(30)25-15(27)11-12-24(20(25)29)18-17-16(33-23(4,5)34-17)14(32-18)10-8-7-9-13(26)19(28)31-6/h11-12,14,16-18H,7-10H2,1-6H3/t14-,16-,17-,18-/m1/s1. The Labute approximate surface area is 202 Å². The van der Waals surface area contributed by atoms with Gasteiger partial charge in [-0.3, -0.25) is 14.2 Å². The van der Waals surface area contributed by atoms with Crippen LogP contribution in [0.4, 0.5) is 4.79 Å². The van der Waals surface area contributed by atoms with E-state index in [4.69, 9.17) is 18.9 Å². The molecule has 2 aliphatic rings. The molecule has 3 rings (SSSR count). The molecule has 2 saturated heterocycles. The van der Waals surface area contributed by atoms with E-state index in [9.17, 15) is 24.0 Å². The van der Waals surface area contributed by atoms with Crippen molar-refractivity contribution in [1.82, 2.24) is 9.13 Å². The number of Topliss-reactive ketones (excluding diaryl/α,β-unsaturated/α-hetero) is 1. The molecule has 1 aromatic rings. The van der Waals surface area contributed by atoms with Gasteiger partial charge in [-0.05, 0) is 47.5 Å². The average Bonchev–Trinajstić information content (AvgIpc) is 3.22. The molecule has 194 valence electrons. The normalized spacial score (nSPS) is 25.2. The molecule has 0 unspecified atom stereocenters. The lowest BCUT2D eigenvalue weighted by Crippen LogP contribution is -2.47. The van der Waals surface area contributed by atoms with Crippen molar-refractivity contribution in [2.75, 3.05) is 7.11 Å². The van der Waals surface area contributed by atoms with Crippen LogP contribution in [0.5, 0.6) is 0 Å². The maximum Gasteiger partial charge on any atom is 0.425 e. The molecule has 0 N–H and O–H groups in total. The van der Waals surface area contributed by atoms with Gasteiger partial charge >= 0.3 is 17.8 Å². The zero-order valence-corrected chi connectivity index (χ0v) is 20.8. The summed E-state index contributed by atoms with van der Waals surface area (Å²) in [5, 5.41) is 0. The maximum absolute atomic E-state index is 13.2. The molecular weight excluding hydrogens is 464 g/mol. The van der Waals surface area contributed by atoms with Crippen molar-refractivity contribution in [3.63, 3.8) is 0 Å². The Bertz CT molecular complexity index is 1100. The Morgan fingerprint density at radius 1 is 1.09 bits per heavy atom. The third kappa shape index (κ3) is 6.06. The van der Waals surface area contributed by atoms with Crippen LogP contribution in [0.25, 0.3) is 0 Å². The van der Waals surface area contributed by atoms with Gasteiger partial charge in [0.1, 0.15) is 17.8 Å². The lowest BCUT2D eigenvalue weighted by atomic mass is 10.0. The number of carbonyl (C=O) groups excluding carboxylic acids is 3. The fourth-order valence-electron chi connectivity index (χ4n) is 4.12. The number of ether oxygens (including phenoxy) is 5. The summed E-state index contributed by atoms with van der Waals surface area (Å²) in [5.41, 5.74) is -2.66. The molecule has 0 aliphatic carbocycles. The molecule has 0 amide bonds. The van der Waals surface area contributed by atoms with Gasteiger partial charge in [0.2, 0.25) is 5.78 Å². The van der Waals surface area contributed by atoms with Gasteiger partial charge in [-0.15, -0.1) is 0 Å². The summed E-state index contributed by atoms with van der Waals surface area (Å²) in [7, 11) is 1.15. The Morgan fingerprint density at radius 2 is 1.74 bits per heavy atom. The second-order valence-electron chi connectivity index (χ2n) is 9.95. The van der Waals surface area contributed by atoms with Crippen LogP contribution in [0.3, 0.4) is 0 Å². The number of rotatable bonds is 7. The molecule has 0 bridgehead atoms. The molecule has 4 atom stereocenters. The van der Waals surface area contributed by atoms with Crippen molar-refractivity contribution < 1.29 is 38.1 Å². The van der Waals surface area contributed by atoms with Crippen molar-refractivity contribution in [2.45, 2.75) is 96.2 Å². The van der Waals surface area contributed by atoms with Gasteiger partial charge in [0, 0.05) is 18.7 Å². The Balaban J connectivity index is 1.81. The highest BCUT2D eigenvalue weighted by Gasteiger charge is 2.55. The first-order valence-electron chi connectivity index (χ1n) is 11.4. The fraction of sp³-hybridized carbons (Fsp3) is 0.696. The SMILES string of the molecule is COC(=O)C(=O)CCCC[C@H]1O[C@@H](n2ccc(=O)n(C(=O)OC(C)(C)C)c2=O)[C@@H]2OC(C)(C)O[C@@H]21. The summed E-state index contributed by atoms with van der Waals surface area (Å²) in [6.45, 7) is 8.34. The molecule has 3 heterocycles. The smallest absolute Gasteiger partial charge is 0.425 e. The number of esters is 1. The van der Waals surface area contributed by atoms with Crippen LogP contribution in [-0.2, 0) is 33.3 Å². The van der Waals surface area contributed by atoms with Gasteiger partial charge < -0.3 is 23.7 Å². The Hall–Kier alpha value is -2.83.